The number of hydrogen-bond donors (Lipinski definition) is 2. The summed E-state index contributed by atoms with van der Waals surface area (Å²) in [7, 11) is 0. The standard InChI is InChI=1S/C14H20ClNO/c1-10-5-12(15)6-11(2)13(10)7-16-8-14(9-17)3-4-14/h5-6,16-17H,3-4,7-9H2,1-2H3. The van der Waals surface area contributed by atoms with E-state index in [4.69, 9.17) is 11.6 Å². The van der Waals surface area contributed by atoms with Gasteiger partial charge in [-0.2, -0.15) is 0 Å². The second-order valence-corrected chi connectivity index (χ2v) is 5.72. The van der Waals surface area contributed by atoms with Gasteiger partial charge in [-0.1, -0.05) is 11.6 Å². The first kappa shape index (κ1) is 12.9. The predicted octanol–water partition coefficient (Wildman–Crippen LogP) is 2.82. The number of aryl methyl sites for hydroxylation is 2. The second-order valence-electron chi connectivity index (χ2n) is 5.28. The van der Waals surface area contributed by atoms with Gasteiger partial charge in [-0.25, -0.2) is 0 Å². The molecule has 0 heterocycles. The zero-order valence-electron chi connectivity index (χ0n) is 10.5. The minimum atomic E-state index is 0.175. The van der Waals surface area contributed by atoms with Crippen molar-refractivity contribution in [3.05, 3.63) is 33.8 Å². The quantitative estimate of drug-likeness (QED) is 0.846. The number of halogens is 1. The van der Waals surface area contributed by atoms with Crippen molar-refractivity contribution in [2.45, 2.75) is 33.2 Å². The molecule has 0 amide bonds. The summed E-state index contributed by atoms with van der Waals surface area (Å²) in [5, 5.41) is 13.5. The molecule has 94 valence electrons. The molecule has 2 nitrogen and oxygen atoms in total. The first-order valence-electron chi connectivity index (χ1n) is 6.13. The maximum Gasteiger partial charge on any atom is 0.0499 e. The molecule has 1 saturated carbocycles. The van der Waals surface area contributed by atoms with Gasteiger partial charge in [0.1, 0.15) is 0 Å². The summed E-state index contributed by atoms with van der Waals surface area (Å²) in [4.78, 5) is 0. The van der Waals surface area contributed by atoms with Crippen LogP contribution in [-0.2, 0) is 6.54 Å². The van der Waals surface area contributed by atoms with Crippen molar-refractivity contribution in [1.29, 1.82) is 0 Å². The van der Waals surface area contributed by atoms with Crippen molar-refractivity contribution in [3.63, 3.8) is 0 Å². The van der Waals surface area contributed by atoms with Crippen molar-refractivity contribution < 1.29 is 5.11 Å². The topological polar surface area (TPSA) is 32.3 Å². The molecule has 1 aromatic carbocycles. The number of aliphatic hydroxyl groups excluding tert-OH is 1. The second kappa shape index (κ2) is 4.97. The Labute approximate surface area is 108 Å². The molecule has 0 aromatic heterocycles. The molecule has 1 aromatic rings. The zero-order valence-corrected chi connectivity index (χ0v) is 11.3. The fourth-order valence-electron chi connectivity index (χ4n) is 2.24. The molecular formula is C14H20ClNO. The predicted molar refractivity (Wildman–Crippen MR) is 71.4 cm³/mol. The molecule has 1 aliphatic carbocycles. The molecule has 1 aliphatic rings. The van der Waals surface area contributed by atoms with Gasteiger partial charge in [-0.05, 0) is 55.5 Å². The van der Waals surface area contributed by atoms with Crippen LogP contribution in [0.5, 0.6) is 0 Å². The van der Waals surface area contributed by atoms with E-state index >= 15 is 0 Å². The monoisotopic (exact) mass is 253 g/mol. The first-order chi connectivity index (χ1) is 8.06. The highest BCUT2D eigenvalue weighted by Crippen LogP contribution is 2.44. The summed E-state index contributed by atoms with van der Waals surface area (Å²) in [5.41, 5.74) is 3.96. The molecule has 1 fully saturated rings. The van der Waals surface area contributed by atoms with Crippen LogP contribution in [0.25, 0.3) is 0 Å². The summed E-state index contributed by atoms with van der Waals surface area (Å²) in [5.74, 6) is 0. The van der Waals surface area contributed by atoms with Crippen LogP contribution in [0.4, 0.5) is 0 Å². The summed E-state index contributed by atoms with van der Waals surface area (Å²) in [6.45, 7) is 6.25. The maximum atomic E-state index is 9.24. The van der Waals surface area contributed by atoms with Crippen LogP contribution in [0.3, 0.4) is 0 Å². The average Bonchev–Trinajstić information content (AvgIpc) is 3.02. The van der Waals surface area contributed by atoms with E-state index in [2.05, 4.69) is 19.2 Å². The van der Waals surface area contributed by atoms with Crippen molar-refractivity contribution in [2.75, 3.05) is 13.2 Å². The third kappa shape index (κ3) is 3.01. The Balaban J connectivity index is 1.95. The molecule has 0 atom stereocenters. The number of rotatable bonds is 5. The Morgan fingerprint density at radius 1 is 1.29 bits per heavy atom. The number of aliphatic hydroxyl groups is 1. The van der Waals surface area contributed by atoms with Crippen molar-refractivity contribution in [3.8, 4) is 0 Å². The van der Waals surface area contributed by atoms with Gasteiger partial charge in [-0.15, -0.1) is 0 Å². The van der Waals surface area contributed by atoms with Gasteiger partial charge < -0.3 is 10.4 Å². The normalized spacial score (nSPS) is 17.2. The molecule has 0 radical (unpaired) electrons. The fourth-order valence-corrected chi connectivity index (χ4v) is 2.57. The van der Waals surface area contributed by atoms with E-state index in [0.29, 0.717) is 6.61 Å². The van der Waals surface area contributed by atoms with E-state index in [1.807, 2.05) is 12.1 Å². The summed E-state index contributed by atoms with van der Waals surface area (Å²) >= 11 is 6.01. The minimum absolute atomic E-state index is 0.175. The van der Waals surface area contributed by atoms with Gasteiger partial charge in [0, 0.05) is 30.1 Å². The van der Waals surface area contributed by atoms with E-state index in [-0.39, 0.29) is 5.41 Å². The van der Waals surface area contributed by atoms with E-state index in [1.165, 1.54) is 16.7 Å². The molecule has 0 spiro atoms. The fraction of sp³-hybridized carbons (Fsp3) is 0.571. The average molecular weight is 254 g/mol. The molecule has 3 heteroatoms. The van der Waals surface area contributed by atoms with Gasteiger partial charge in [0.2, 0.25) is 0 Å². The minimum Gasteiger partial charge on any atom is -0.396 e. The lowest BCUT2D eigenvalue weighted by Crippen LogP contribution is -2.26. The highest BCUT2D eigenvalue weighted by atomic mass is 35.5. The summed E-state index contributed by atoms with van der Waals surface area (Å²) in [6, 6.07) is 4.01. The third-order valence-electron chi connectivity index (χ3n) is 3.76. The molecule has 17 heavy (non-hydrogen) atoms. The van der Waals surface area contributed by atoms with Crippen LogP contribution in [0.2, 0.25) is 5.02 Å². The van der Waals surface area contributed by atoms with Gasteiger partial charge in [-0.3, -0.25) is 0 Å². The van der Waals surface area contributed by atoms with Crippen molar-refractivity contribution >= 4 is 11.6 Å². The Morgan fingerprint density at radius 2 is 1.88 bits per heavy atom. The van der Waals surface area contributed by atoms with E-state index in [1.54, 1.807) is 0 Å². The lowest BCUT2D eigenvalue weighted by molar-refractivity contribution is 0.207. The van der Waals surface area contributed by atoms with Gasteiger partial charge in [0.15, 0.2) is 0 Å². The molecule has 0 saturated heterocycles. The molecule has 0 aliphatic heterocycles. The van der Waals surface area contributed by atoms with Crippen LogP contribution >= 0.6 is 11.6 Å². The van der Waals surface area contributed by atoms with Crippen molar-refractivity contribution in [1.82, 2.24) is 5.32 Å². The van der Waals surface area contributed by atoms with Crippen molar-refractivity contribution in [2.24, 2.45) is 5.41 Å². The Bertz CT molecular complexity index is 390. The van der Waals surface area contributed by atoms with E-state index < -0.39 is 0 Å². The zero-order chi connectivity index (χ0) is 12.5. The van der Waals surface area contributed by atoms with Crippen LogP contribution in [-0.4, -0.2) is 18.3 Å². The van der Waals surface area contributed by atoms with E-state index in [0.717, 1.165) is 31.0 Å². The third-order valence-corrected chi connectivity index (χ3v) is 3.97. The molecule has 2 N–H and O–H groups in total. The first-order valence-corrected chi connectivity index (χ1v) is 6.51. The molecular weight excluding hydrogens is 234 g/mol. The van der Waals surface area contributed by atoms with Crippen LogP contribution in [0.1, 0.15) is 29.5 Å². The molecule has 0 bridgehead atoms. The van der Waals surface area contributed by atoms with Gasteiger partial charge in [0.25, 0.3) is 0 Å². The van der Waals surface area contributed by atoms with E-state index in [9.17, 15) is 5.11 Å². The Hall–Kier alpha value is -0.570. The number of nitrogens with one attached hydrogen (secondary N) is 1. The van der Waals surface area contributed by atoms with Crippen LogP contribution in [0.15, 0.2) is 12.1 Å². The molecule has 2 rings (SSSR count). The smallest absolute Gasteiger partial charge is 0.0499 e. The van der Waals surface area contributed by atoms with Gasteiger partial charge >= 0.3 is 0 Å². The lowest BCUT2D eigenvalue weighted by atomic mass is 10.0. The Morgan fingerprint density at radius 3 is 2.35 bits per heavy atom. The number of benzene rings is 1. The van der Waals surface area contributed by atoms with Gasteiger partial charge in [0.05, 0.1) is 0 Å². The SMILES string of the molecule is Cc1cc(Cl)cc(C)c1CNCC1(CO)CC1. The lowest BCUT2D eigenvalue weighted by Gasteiger charge is -2.15. The molecule has 0 unspecified atom stereocenters. The largest absolute Gasteiger partial charge is 0.396 e. The number of hydrogen-bond acceptors (Lipinski definition) is 2. The maximum absolute atomic E-state index is 9.24. The van der Waals surface area contributed by atoms with Crippen LogP contribution in [0, 0.1) is 19.3 Å². The Kier molecular flexibility index (Phi) is 3.76. The highest BCUT2D eigenvalue weighted by molar-refractivity contribution is 6.30. The summed E-state index contributed by atoms with van der Waals surface area (Å²) in [6.07, 6.45) is 2.30. The van der Waals surface area contributed by atoms with Crippen LogP contribution < -0.4 is 5.32 Å². The summed E-state index contributed by atoms with van der Waals surface area (Å²) < 4.78 is 0. The highest BCUT2D eigenvalue weighted by Gasteiger charge is 2.41.